The quantitative estimate of drug-likeness (QED) is 0.888. The van der Waals surface area contributed by atoms with Crippen molar-refractivity contribution in [2.75, 3.05) is 37.1 Å². The number of sulfonamides is 1. The summed E-state index contributed by atoms with van der Waals surface area (Å²) in [5.74, 6) is 0.655. The van der Waals surface area contributed by atoms with Gasteiger partial charge in [0.15, 0.2) is 0 Å². The summed E-state index contributed by atoms with van der Waals surface area (Å²) in [7, 11) is 2.04. The Hall–Kier alpha value is -1.43. The van der Waals surface area contributed by atoms with Gasteiger partial charge in [-0.2, -0.15) is 0 Å². The summed E-state index contributed by atoms with van der Waals surface area (Å²) in [6, 6.07) is 3.64. The fraction of sp³-hybridized carbons (Fsp3) is 0.455. The topological polar surface area (TPSA) is 58.6 Å². The van der Waals surface area contributed by atoms with Gasteiger partial charge in [0.25, 0.3) is 0 Å². The van der Waals surface area contributed by atoms with Crippen LogP contribution in [-0.2, 0) is 10.0 Å². The first kappa shape index (κ1) is 13.6. The second kappa shape index (κ2) is 4.83. The Morgan fingerprint density at radius 3 is 2.29 bits per heavy atom. The van der Waals surface area contributed by atoms with Crippen LogP contribution in [0, 0.1) is 6.92 Å². The lowest BCUT2D eigenvalue weighted by atomic mass is 10.1. The van der Waals surface area contributed by atoms with Crippen molar-refractivity contribution < 1.29 is 13.2 Å². The normalized spacial score (nSPS) is 11.1. The van der Waals surface area contributed by atoms with Gasteiger partial charge in [-0.1, -0.05) is 0 Å². The summed E-state index contributed by atoms with van der Waals surface area (Å²) >= 11 is 0. The van der Waals surface area contributed by atoms with Gasteiger partial charge in [0.1, 0.15) is 5.75 Å². The number of methoxy groups -OCH3 is 1. The van der Waals surface area contributed by atoms with Crippen molar-refractivity contribution in [1.82, 2.24) is 0 Å². The molecule has 0 bridgehead atoms. The average molecular weight is 258 g/mol. The Morgan fingerprint density at radius 1 is 1.29 bits per heavy atom. The van der Waals surface area contributed by atoms with Crippen molar-refractivity contribution in [1.29, 1.82) is 0 Å². The molecule has 0 unspecified atom stereocenters. The number of rotatable bonds is 4. The molecule has 0 atom stereocenters. The number of ether oxygens (including phenoxy) is 1. The van der Waals surface area contributed by atoms with Crippen molar-refractivity contribution in [3.63, 3.8) is 0 Å². The van der Waals surface area contributed by atoms with Crippen LogP contribution in [0.5, 0.6) is 5.75 Å². The SMILES string of the molecule is COc1cc(N(C)C)cc(NS(C)(=O)=O)c1C. The molecule has 1 aromatic rings. The van der Waals surface area contributed by atoms with Gasteiger partial charge in [-0.25, -0.2) is 8.42 Å². The predicted octanol–water partition coefficient (Wildman–Crippen LogP) is 1.44. The van der Waals surface area contributed by atoms with Crippen LogP contribution in [0.3, 0.4) is 0 Å². The fourth-order valence-corrected chi connectivity index (χ4v) is 2.06. The zero-order valence-corrected chi connectivity index (χ0v) is 11.6. The van der Waals surface area contributed by atoms with Crippen LogP contribution in [0.15, 0.2) is 12.1 Å². The van der Waals surface area contributed by atoms with Crippen LogP contribution < -0.4 is 14.4 Å². The Morgan fingerprint density at radius 2 is 1.88 bits per heavy atom. The molecule has 17 heavy (non-hydrogen) atoms. The number of hydrogen-bond acceptors (Lipinski definition) is 4. The first-order valence-corrected chi connectivity index (χ1v) is 6.97. The minimum Gasteiger partial charge on any atom is -0.496 e. The summed E-state index contributed by atoms with van der Waals surface area (Å²) in [5.41, 5.74) is 2.18. The molecule has 0 aliphatic rings. The molecule has 0 aromatic heterocycles. The molecular formula is C11H18N2O3S. The number of nitrogens with one attached hydrogen (secondary N) is 1. The van der Waals surface area contributed by atoms with E-state index in [0.29, 0.717) is 11.4 Å². The third-order valence-corrected chi connectivity index (χ3v) is 2.97. The van der Waals surface area contributed by atoms with E-state index < -0.39 is 10.0 Å². The van der Waals surface area contributed by atoms with Crippen molar-refractivity contribution in [2.24, 2.45) is 0 Å². The van der Waals surface area contributed by atoms with Crippen LogP contribution in [-0.4, -0.2) is 35.9 Å². The van der Waals surface area contributed by atoms with Gasteiger partial charge < -0.3 is 9.64 Å². The summed E-state index contributed by atoms with van der Waals surface area (Å²) in [6.45, 7) is 1.81. The lowest BCUT2D eigenvalue weighted by molar-refractivity contribution is 0.412. The number of benzene rings is 1. The Kier molecular flexibility index (Phi) is 3.87. The maximum Gasteiger partial charge on any atom is 0.229 e. The van der Waals surface area contributed by atoms with Crippen LogP contribution in [0.4, 0.5) is 11.4 Å². The van der Waals surface area contributed by atoms with Gasteiger partial charge in [0.2, 0.25) is 10.0 Å². The third-order valence-electron chi connectivity index (χ3n) is 2.38. The Bertz CT molecular complexity index is 510. The van der Waals surface area contributed by atoms with E-state index in [1.165, 1.54) is 0 Å². The highest BCUT2D eigenvalue weighted by atomic mass is 32.2. The van der Waals surface area contributed by atoms with Crippen molar-refractivity contribution in [2.45, 2.75) is 6.92 Å². The van der Waals surface area contributed by atoms with Gasteiger partial charge in [0.05, 0.1) is 19.1 Å². The first-order valence-electron chi connectivity index (χ1n) is 5.08. The van der Waals surface area contributed by atoms with Crippen LogP contribution >= 0.6 is 0 Å². The van der Waals surface area contributed by atoms with E-state index in [9.17, 15) is 8.42 Å². The zero-order valence-electron chi connectivity index (χ0n) is 10.7. The standard InChI is InChI=1S/C11H18N2O3S/c1-8-10(12-17(5,14)15)6-9(13(2)3)7-11(8)16-4/h6-7,12H,1-5H3. The van der Waals surface area contributed by atoms with Gasteiger partial charge >= 0.3 is 0 Å². The minimum atomic E-state index is -3.29. The minimum absolute atomic E-state index is 0.538. The van der Waals surface area contributed by atoms with Crippen LogP contribution in [0.25, 0.3) is 0 Å². The van der Waals surface area contributed by atoms with E-state index in [4.69, 9.17) is 4.74 Å². The van der Waals surface area contributed by atoms with Gasteiger partial charge in [-0.3, -0.25) is 4.72 Å². The van der Waals surface area contributed by atoms with E-state index in [0.717, 1.165) is 17.5 Å². The lowest BCUT2D eigenvalue weighted by Crippen LogP contribution is -2.13. The van der Waals surface area contributed by atoms with E-state index in [2.05, 4.69) is 4.72 Å². The van der Waals surface area contributed by atoms with Crippen molar-refractivity contribution in [3.05, 3.63) is 17.7 Å². The van der Waals surface area contributed by atoms with Crippen LogP contribution in [0.2, 0.25) is 0 Å². The molecule has 1 rings (SSSR count). The molecule has 0 heterocycles. The molecule has 1 aromatic carbocycles. The Labute approximate surface area is 102 Å². The highest BCUT2D eigenvalue weighted by molar-refractivity contribution is 7.92. The first-order chi connectivity index (χ1) is 7.74. The molecule has 6 heteroatoms. The molecule has 0 radical (unpaired) electrons. The molecule has 0 aliphatic heterocycles. The molecule has 0 saturated heterocycles. The van der Waals surface area contributed by atoms with E-state index in [-0.39, 0.29) is 0 Å². The fourth-order valence-electron chi connectivity index (χ4n) is 1.45. The van der Waals surface area contributed by atoms with Gasteiger partial charge in [0, 0.05) is 31.4 Å². The van der Waals surface area contributed by atoms with E-state index in [1.54, 1.807) is 13.2 Å². The molecular weight excluding hydrogens is 240 g/mol. The molecule has 1 N–H and O–H groups in total. The second-order valence-electron chi connectivity index (χ2n) is 4.09. The predicted molar refractivity (Wildman–Crippen MR) is 70.5 cm³/mol. The average Bonchev–Trinajstić information content (AvgIpc) is 2.18. The zero-order chi connectivity index (χ0) is 13.2. The van der Waals surface area contributed by atoms with E-state index >= 15 is 0 Å². The molecule has 0 spiro atoms. The van der Waals surface area contributed by atoms with E-state index in [1.807, 2.05) is 32.0 Å². The monoisotopic (exact) mass is 258 g/mol. The second-order valence-corrected chi connectivity index (χ2v) is 5.84. The van der Waals surface area contributed by atoms with Gasteiger partial charge in [-0.15, -0.1) is 0 Å². The summed E-state index contributed by atoms with van der Waals surface area (Å²) < 4.78 is 30.3. The van der Waals surface area contributed by atoms with Gasteiger partial charge in [-0.05, 0) is 13.0 Å². The maximum absolute atomic E-state index is 11.3. The third kappa shape index (κ3) is 3.52. The largest absolute Gasteiger partial charge is 0.496 e. The number of anilines is 2. The molecule has 0 aliphatic carbocycles. The molecule has 96 valence electrons. The lowest BCUT2D eigenvalue weighted by Gasteiger charge is -2.18. The molecule has 0 saturated carbocycles. The Balaban J connectivity index is 3.32. The number of nitrogens with zero attached hydrogens (tertiary/aromatic N) is 1. The van der Waals surface area contributed by atoms with Crippen molar-refractivity contribution >= 4 is 21.4 Å². The highest BCUT2D eigenvalue weighted by Crippen LogP contribution is 2.31. The van der Waals surface area contributed by atoms with Crippen molar-refractivity contribution in [3.8, 4) is 5.75 Å². The molecule has 0 fully saturated rings. The summed E-state index contributed by atoms with van der Waals surface area (Å²) in [5, 5.41) is 0. The summed E-state index contributed by atoms with van der Waals surface area (Å²) in [6.07, 6.45) is 1.13. The molecule has 5 nitrogen and oxygen atoms in total. The highest BCUT2D eigenvalue weighted by Gasteiger charge is 2.12. The van der Waals surface area contributed by atoms with Crippen LogP contribution in [0.1, 0.15) is 5.56 Å². The molecule has 0 amide bonds. The maximum atomic E-state index is 11.3. The summed E-state index contributed by atoms with van der Waals surface area (Å²) in [4.78, 5) is 1.88. The smallest absolute Gasteiger partial charge is 0.229 e. The number of hydrogen-bond donors (Lipinski definition) is 1.